The maximum absolute atomic E-state index is 5.65. The van der Waals surface area contributed by atoms with Crippen LogP contribution in [0.5, 0.6) is 0 Å². The van der Waals surface area contributed by atoms with E-state index in [1.165, 1.54) is 0 Å². The topological polar surface area (TPSA) is 47.0 Å². The Bertz CT molecular complexity index is 472. The van der Waals surface area contributed by atoms with E-state index in [-0.39, 0.29) is 11.0 Å². The van der Waals surface area contributed by atoms with E-state index in [1.54, 1.807) is 7.11 Å². The highest BCUT2D eigenvalue weighted by Crippen LogP contribution is 2.52. The Labute approximate surface area is 116 Å². The standard InChI is InChI=1S/C15H25N3O/c1-7-11-8-13(17-10(2)16-11)18-12-9-15(5,19-6)14(12,3)4/h8,12H,7,9H2,1-6H3,(H,16,17,18). The van der Waals surface area contributed by atoms with Crippen LogP contribution in [-0.4, -0.2) is 28.7 Å². The summed E-state index contributed by atoms with van der Waals surface area (Å²) in [6.07, 6.45) is 1.93. The molecule has 0 spiro atoms. The van der Waals surface area contributed by atoms with Crippen LogP contribution in [0.3, 0.4) is 0 Å². The highest BCUT2D eigenvalue weighted by Gasteiger charge is 2.57. The van der Waals surface area contributed by atoms with Crippen molar-refractivity contribution in [3.63, 3.8) is 0 Å². The second kappa shape index (κ2) is 4.75. The lowest BCUT2D eigenvalue weighted by Gasteiger charge is -2.59. The number of anilines is 1. The Morgan fingerprint density at radius 2 is 2.05 bits per heavy atom. The molecule has 1 fully saturated rings. The molecule has 0 radical (unpaired) electrons. The van der Waals surface area contributed by atoms with Crippen LogP contribution < -0.4 is 5.32 Å². The molecule has 1 aliphatic rings. The minimum Gasteiger partial charge on any atom is -0.378 e. The summed E-state index contributed by atoms with van der Waals surface area (Å²) in [6.45, 7) is 10.7. The molecule has 2 unspecified atom stereocenters. The molecule has 19 heavy (non-hydrogen) atoms. The molecular formula is C15H25N3O. The predicted molar refractivity (Wildman–Crippen MR) is 77.4 cm³/mol. The summed E-state index contributed by atoms with van der Waals surface area (Å²) >= 11 is 0. The van der Waals surface area contributed by atoms with Gasteiger partial charge in [-0.05, 0) is 26.7 Å². The Morgan fingerprint density at radius 1 is 1.37 bits per heavy atom. The van der Waals surface area contributed by atoms with Crippen molar-refractivity contribution in [1.82, 2.24) is 9.97 Å². The van der Waals surface area contributed by atoms with Crippen LogP contribution in [0.1, 0.15) is 45.6 Å². The number of nitrogens with zero attached hydrogens (tertiary/aromatic N) is 2. The highest BCUT2D eigenvalue weighted by atomic mass is 16.5. The van der Waals surface area contributed by atoms with Gasteiger partial charge in [-0.25, -0.2) is 9.97 Å². The lowest BCUT2D eigenvalue weighted by molar-refractivity contribution is -0.166. The molecule has 4 nitrogen and oxygen atoms in total. The van der Waals surface area contributed by atoms with Crippen molar-refractivity contribution in [2.75, 3.05) is 12.4 Å². The smallest absolute Gasteiger partial charge is 0.130 e. The number of rotatable bonds is 4. The lowest BCUT2D eigenvalue weighted by atomic mass is 9.56. The molecule has 0 amide bonds. The monoisotopic (exact) mass is 263 g/mol. The molecule has 2 rings (SSSR count). The fourth-order valence-electron chi connectivity index (χ4n) is 2.79. The van der Waals surface area contributed by atoms with Crippen molar-refractivity contribution in [1.29, 1.82) is 0 Å². The number of aryl methyl sites for hydroxylation is 2. The molecule has 0 bridgehead atoms. The zero-order chi connectivity index (χ0) is 14.3. The van der Waals surface area contributed by atoms with E-state index in [0.717, 1.165) is 30.2 Å². The molecule has 1 aliphatic carbocycles. The first-order chi connectivity index (χ1) is 8.82. The second-order valence-electron chi connectivity index (χ2n) is 6.20. The van der Waals surface area contributed by atoms with E-state index in [1.807, 2.05) is 13.0 Å². The molecule has 4 heteroatoms. The first-order valence-corrected chi connectivity index (χ1v) is 6.98. The molecule has 0 saturated heterocycles. The molecule has 1 aromatic rings. The molecule has 1 N–H and O–H groups in total. The number of aromatic nitrogens is 2. The largest absolute Gasteiger partial charge is 0.378 e. The van der Waals surface area contributed by atoms with Crippen LogP contribution in [-0.2, 0) is 11.2 Å². The van der Waals surface area contributed by atoms with Gasteiger partial charge in [0.2, 0.25) is 0 Å². The fourth-order valence-corrected chi connectivity index (χ4v) is 2.79. The Balaban J connectivity index is 2.14. The van der Waals surface area contributed by atoms with Crippen LogP contribution in [0.25, 0.3) is 0 Å². The number of methoxy groups -OCH3 is 1. The molecule has 1 aromatic heterocycles. The third kappa shape index (κ3) is 2.34. The van der Waals surface area contributed by atoms with Gasteiger partial charge in [-0.15, -0.1) is 0 Å². The van der Waals surface area contributed by atoms with Crippen molar-refractivity contribution in [3.05, 3.63) is 17.6 Å². The maximum atomic E-state index is 5.65. The number of nitrogens with one attached hydrogen (secondary N) is 1. The minimum atomic E-state index is -0.0552. The normalized spacial score (nSPS) is 28.8. The zero-order valence-electron chi connectivity index (χ0n) is 12.9. The summed E-state index contributed by atoms with van der Waals surface area (Å²) in [6, 6.07) is 2.43. The van der Waals surface area contributed by atoms with E-state index in [9.17, 15) is 0 Å². The molecule has 1 saturated carbocycles. The SMILES string of the molecule is CCc1cc(NC2CC(C)(OC)C2(C)C)nc(C)n1. The molecule has 0 aliphatic heterocycles. The third-order valence-electron chi connectivity index (χ3n) is 4.85. The average Bonchev–Trinajstić information content (AvgIpc) is 2.37. The van der Waals surface area contributed by atoms with Gasteiger partial charge in [-0.2, -0.15) is 0 Å². The number of hydrogen-bond acceptors (Lipinski definition) is 4. The minimum absolute atomic E-state index is 0.0552. The summed E-state index contributed by atoms with van der Waals surface area (Å²) in [4.78, 5) is 8.89. The lowest BCUT2D eigenvalue weighted by Crippen LogP contribution is -2.65. The van der Waals surface area contributed by atoms with Crippen molar-refractivity contribution in [2.45, 2.75) is 59.1 Å². The van der Waals surface area contributed by atoms with Crippen LogP contribution >= 0.6 is 0 Å². The first-order valence-electron chi connectivity index (χ1n) is 6.98. The Hall–Kier alpha value is -1.16. The molecule has 1 heterocycles. The second-order valence-corrected chi connectivity index (χ2v) is 6.20. The summed E-state index contributed by atoms with van der Waals surface area (Å²) in [5.41, 5.74) is 1.12. The van der Waals surface area contributed by atoms with Crippen LogP contribution in [0.2, 0.25) is 0 Å². The van der Waals surface area contributed by atoms with E-state index >= 15 is 0 Å². The average molecular weight is 263 g/mol. The summed E-state index contributed by atoms with van der Waals surface area (Å²) < 4.78 is 5.65. The molecule has 2 atom stereocenters. The van der Waals surface area contributed by atoms with Gasteiger partial charge in [-0.1, -0.05) is 20.8 Å². The van der Waals surface area contributed by atoms with Gasteiger partial charge in [-0.3, -0.25) is 0 Å². The van der Waals surface area contributed by atoms with E-state index in [0.29, 0.717) is 6.04 Å². The highest BCUT2D eigenvalue weighted by molar-refractivity contribution is 5.40. The molecule has 0 aromatic carbocycles. The van der Waals surface area contributed by atoms with Crippen molar-refractivity contribution < 1.29 is 4.74 Å². The van der Waals surface area contributed by atoms with Crippen LogP contribution in [0.15, 0.2) is 6.07 Å². The van der Waals surface area contributed by atoms with Gasteiger partial charge in [0.15, 0.2) is 0 Å². The van der Waals surface area contributed by atoms with Crippen molar-refractivity contribution in [2.24, 2.45) is 5.41 Å². The van der Waals surface area contributed by atoms with Gasteiger partial charge in [0, 0.05) is 30.3 Å². The summed E-state index contributed by atoms with van der Waals surface area (Å²) in [5.74, 6) is 1.76. The predicted octanol–water partition coefficient (Wildman–Crippen LogP) is 2.96. The Morgan fingerprint density at radius 3 is 2.58 bits per heavy atom. The first kappa shape index (κ1) is 14.3. The van der Waals surface area contributed by atoms with Gasteiger partial charge >= 0.3 is 0 Å². The summed E-state index contributed by atoms with van der Waals surface area (Å²) in [7, 11) is 1.79. The fraction of sp³-hybridized carbons (Fsp3) is 0.733. The summed E-state index contributed by atoms with van der Waals surface area (Å²) in [5, 5.41) is 3.54. The van der Waals surface area contributed by atoms with Gasteiger partial charge in [0.1, 0.15) is 11.6 Å². The van der Waals surface area contributed by atoms with Gasteiger partial charge in [0.05, 0.1) is 5.60 Å². The van der Waals surface area contributed by atoms with E-state index in [2.05, 4.69) is 43.0 Å². The van der Waals surface area contributed by atoms with Gasteiger partial charge in [0.25, 0.3) is 0 Å². The van der Waals surface area contributed by atoms with Crippen LogP contribution in [0.4, 0.5) is 5.82 Å². The number of ether oxygens (including phenoxy) is 1. The van der Waals surface area contributed by atoms with Gasteiger partial charge < -0.3 is 10.1 Å². The van der Waals surface area contributed by atoms with E-state index in [4.69, 9.17) is 4.74 Å². The van der Waals surface area contributed by atoms with Crippen LogP contribution in [0, 0.1) is 12.3 Å². The molecule has 106 valence electrons. The van der Waals surface area contributed by atoms with Crippen molar-refractivity contribution in [3.8, 4) is 0 Å². The maximum Gasteiger partial charge on any atom is 0.130 e. The van der Waals surface area contributed by atoms with E-state index < -0.39 is 0 Å². The number of hydrogen-bond donors (Lipinski definition) is 1. The third-order valence-corrected chi connectivity index (χ3v) is 4.85. The van der Waals surface area contributed by atoms with Crippen molar-refractivity contribution >= 4 is 5.82 Å². The molecular weight excluding hydrogens is 238 g/mol. The Kier molecular flexibility index (Phi) is 3.56. The zero-order valence-corrected chi connectivity index (χ0v) is 12.9. The quantitative estimate of drug-likeness (QED) is 0.907.